The molecule has 0 heterocycles. The van der Waals surface area contributed by atoms with Crippen LogP contribution < -0.4 is 5.32 Å². The molecule has 1 amide bonds. The summed E-state index contributed by atoms with van der Waals surface area (Å²) in [7, 11) is 1.60. The lowest BCUT2D eigenvalue weighted by atomic mass is 10.2. The number of carbonyl (C=O) groups is 1. The molecule has 0 aromatic heterocycles. The smallest absolute Gasteiger partial charge is 0.234 e. The van der Waals surface area contributed by atoms with Crippen molar-refractivity contribution in [1.29, 1.82) is 0 Å². The molecule has 0 aliphatic rings. The number of nitrogens with zero attached hydrogens (tertiary/aromatic N) is 1. The van der Waals surface area contributed by atoms with Gasteiger partial charge in [-0.2, -0.15) is 0 Å². The van der Waals surface area contributed by atoms with E-state index in [1.54, 1.807) is 12.0 Å². The van der Waals surface area contributed by atoms with E-state index in [-0.39, 0.29) is 24.6 Å². The highest BCUT2D eigenvalue weighted by atomic mass is 19.1. The van der Waals surface area contributed by atoms with Crippen molar-refractivity contribution in [2.24, 2.45) is 0 Å². The monoisotopic (exact) mass is 300 g/mol. The maximum atomic E-state index is 13.6. The van der Waals surface area contributed by atoms with Gasteiger partial charge in [-0.05, 0) is 25.1 Å². The van der Waals surface area contributed by atoms with E-state index in [0.717, 1.165) is 6.42 Å². The third-order valence-electron chi connectivity index (χ3n) is 3.11. The molecule has 6 heteroatoms. The van der Waals surface area contributed by atoms with Crippen LogP contribution in [0, 0.1) is 11.6 Å². The number of rotatable bonds is 9. The maximum absolute atomic E-state index is 13.6. The third-order valence-corrected chi connectivity index (χ3v) is 3.11. The average molecular weight is 300 g/mol. The Hall–Kier alpha value is -1.53. The molecule has 0 atom stereocenters. The number of halogens is 2. The number of amides is 1. The molecular weight excluding hydrogens is 278 g/mol. The summed E-state index contributed by atoms with van der Waals surface area (Å²) in [6.45, 7) is 3.66. The second-order valence-corrected chi connectivity index (χ2v) is 4.70. The van der Waals surface area contributed by atoms with Gasteiger partial charge in [0.15, 0.2) is 0 Å². The van der Waals surface area contributed by atoms with Crippen molar-refractivity contribution >= 4 is 5.91 Å². The SMILES string of the molecule is CCN(CC(=O)NCCCOC)Cc1c(F)cccc1F. The van der Waals surface area contributed by atoms with Crippen molar-refractivity contribution in [2.75, 3.05) is 33.4 Å². The molecule has 0 bridgehead atoms. The molecule has 21 heavy (non-hydrogen) atoms. The summed E-state index contributed by atoms with van der Waals surface area (Å²) < 4.78 is 32.1. The molecule has 0 saturated carbocycles. The van der Waals surface area contributed by atoms with E-state index in [4.69, 9.17) is 4.74 Å². The largest absolute Gasteiger partial charge is 0.385 e. The summed E-state index contributed by atoms with van der Waals surface area (Å²) in [6.07, 6.45) is 0.732. The number of carbonyl (C=O) groups excluding carboxylic acids is 1. The summed E-state index contributed by atoms with van der Waals surface area (Å²) in [6, 6.07) is 3.76. The standard InChI is InChI=1S/C15H22F2N2O2/c1-3-19(11-15(20)18-8-5-9-21-2)10-12-13(16)6-4-7-14(12)17/h4,6-7H,3,5,8-11H2,1-2H3,(H,18,20). The minimum Gasteiger partial charge on any atom is -0.385 e. The van der Waals surface area contributed by atoms with Crippen molar-refractivity contribution in [3.05, 3.63) is 35.4 Å². The van der Waals surface area contributed by atoms with E-state index in [2.05, 4.69) is 5.32 Å². The zero-order valence-electron chi connectivity index (χ0n) is 12.5. The number of hydrogen-bond donors (Lipinski definition) is 1. The van der Waals surface area contributed by atoms with Crippen LogP contribution in [0.5, 0.6) is 0 Å². The fourth-order valence-electron chi connectivity index (χ4n) is 1.89. The molecular formula is C15H22F2N2O2. The summed E-state index contributed by atoms with van der Waals surface area (Å²) in [5, 5.41) is 2.75. The van der Waals surface area contributed by atoms with Crippen LogP contribution in [0.2, 0.25) is 0 Å². The van der Waals surface area contributed by atoms with Crippen LogP contribution in [0.4, 0.5) is 8.78 Å². The average Bonchev–Trinajstić information content (AvgIpc) is 2.46. The third kappa shape index (κ3) is 6.18. The van der Waals surface area contributed by atoms with E-state index < -0.39 is 11.6 Å². The summed E-state index contributed by atoms with van der Waals surface area (Å²) in [4.78, 5) is 13.4. The summed E-state index contributed by atoms with van der Waals surface area (Å²) in [5.41, 5.74) is -0.00784. The van der Waals surface area contributed by atoms with Crippen LogP contribution >= 0.6 is 0 Å². The lowest BCUT2D eigenvalue weighted by molar-refractivity contribution is -0.122. The normalized spacial score (nSPS) is 10.9. The molecule has 0 unspecified atom stereocenters. The van der Waals surface area contributed by atoms with Gasteiger partial charge in [0.25, 0.3) is 0 Å². The highest BCUT2D eigenvalue weighted by Gasteiger charge is 2.14. The van der Waals surface area contributed by atoms with Gasteiger partial charge >= 0.3 is 0 Å². The molecule has 0 aliphatic carbocycles. The minimum atomic E-state index is -0.589. The van der Waals surface area contributed by atoms with Gasteiger partial charge in [-0.25, -0.2) is 8.78 Å². The number of hydrogen-bond acceptors (Lipinski definition) is 3. The molecule has 1 aromatic carbocycles. The first-order valence-corrected chi connectivity index (χ1v) is 6.99. The molecule has 0 radical (unpaired) electrons. The number of benzene rings is 1. The molecule has 0 spiro atoms. The van der Waals surface area contributed by atoms with Gasteiger partial charge in [0.05, 0.1) is 6.54 Å². The van der Waals surface area contributed by atoms with E-state index in [0.29, 0.717) is 19.7 Å². The number of ether oxygens (including phenoxy) is 1. The van der Waals surface area contributed by atoms with Gasteiger partial charge in [0, 0.05) is 32.4 Å². The van der Waals surface area contributed by atoms with Crippen LogP contribution in [0.3, 0.4) is 0 Å². The second kappa shape index (κ2) is 9.41. The number of likely N-dealkylation sites (N-methyl/N-ethyl adjacent to an activating group) is 1. The quantitative estimate of drug-likeness (QED) is 0.709. The Morgan fingerprint density at radius 1 is 1.33 bits per heavy atom. The van der Waals surface area contributed by atoms with Crippen molar-refractivity contribution < 1.29 is 18.3 Å². The molecule has 118 valence electrons. The second-order valence-electron chi connectivity index (χ2n) is 4.70. The lowest BCUT2D eigenvalue weighted by Crippen LogP contribution is -2.37. The highest BCUT2D eigenvalue weighted by molar-refractivity contribution is 5.77. The Balaban J connectivity index is 2.49. The number of nitrogens with one attached hydrogen (secondary N) is 1. The van der Waals surface area contributed by atoms with Gasteiger partial charge in [-0.1, -0.05) is 13.0 Å². The predicted molar refractivity (Wildman–Crippen MR) is 76.8 cm³/mol. The summed E-state index contributed by atoms with van der Waals surface area (Å²) in [5.74, 6) is -1.34. The van der Waals surface area contributed by atoms with Crippen LogP contribution in [0.25, 0.3) is 0 Å². The van der Waals surface area contributed by atoms with Crippen molar-refractivity contribution in [3.63, 3.8) is 0 Å². The minimum absolute atomic E-state index is 0.00784. The molecule has 4 nitrogen and oxygen atoms in total. The Morgan fingerprint density at radius 2 is 2.00 bits per heavy atom. The Labute approximate surface area is 124 Å². The summed E-state index contributed by atoms with van der Waals surface area (Å²) >= 11 is 0. The van der Waals surface area contributed by atoms with Gasteiger partial charge < -0.3 is 10.1 Å². The first kappa shape index (κ1) is 17.5. The molecule has 0 saturated heterocycles. The van der Waals surface area contributed by atoms with Gasteiger partial charge in [-0.3, -0.25) is 9.69 Å². The van der Waals surface area contributed by atoms with Crippen molar-refractivity contribution in [1.82, 2.24) is 10.2 Å². The lowest BCUT2D eigenvalue weighted by Gasteiger charge is -2.20. The Morgan fingerprint density at radius 3 is 2.57 bits per heavy atom. The van der Waals surface area contributed by atoms with Crippen LogP contribution in [0.1, 0.15) is 18.9 Å². The topological polar surface area (TPSA) is 41.6 Å². The zero-order valence-corrected chi connectivity index (χ0v) is 12.5. The van der Waals surface area contributed by atoms with E-state index in [1.807, 2.05) is 6.92 Å². The van der Waals surface area contributed by atoms with E-state index in [1.165, 1.54) is 18.2 Å². The first-order valence-electron chi connectivity index (χ1n) is 6.99. The molecule has 1 rings (SSSR count). The van der Waals surface area contributed by atoms with Gasteiger partial charge in [0.1, 0.15) is 11.6 Å². The predicted octanol–water partition coefficient (Wildman–Crippen LogP) is 1.94. The van der Waals surface area contributed by atoms with Gasteiger partial charge in [-0.15, -0.1) is 0 Å². The highest BCUT2D eigenvalue weighted by Crippen LogP contribution is 2.14. The van der Waals surface area contributed by atoms with Crippen LogP contribution in [-0.2, 0) is 16.1 Å². The number of methoxy groups -OCH3 is 1. The van der Waals surface area contributed by atoms with Crippen molar-refractivity contribution in [2.45, 2.75) is 19.9 Å². The molecule has 0 fully saturated rings. The fraction of sp³-hybridized carbons (Fsp3) is 0.533. The van der Waals surface area contributed by atoms with Gasteiger partial charge in [0.2, 0.25) is 5.91 Å². The molecule has 1 N–H and O–H groups in total. The van der Waals surface area contributed by atoms with Crippen molar-refractivity contribution in [3.8, 4) is 0 Å². The maximum Gasteiger partial charge on any atom is 0.234 e. The molecule has 1 aromatic rings. The van der Waals surface area contributed by atoms with E-state index in [9.17, 15) is 13.6 Å². The first-order chi connectivity index (χ1) is 10.1. The Kier molecular flexibility index (Phi) is 7.85. The fourth-order valence-corrected chi connectivity index (χ4v) is 1.89. The van der Waals surface area contributed by atoms with E-state index >= 15 is 0 Å². The van der Waals surface area contributed by atoms with Crippen LogP contribution in [0.15, 0.2) is 18.2 Å². The van der Waals surface area contributed by atoms with Crippen LogP contribution in [-0.4, -0.2) is 44.2 Å². The Bertz CT molecular complexity index is 435. The zero-order chi connectivity index (χ0) is 15.7. The molecule has 0 aliphatic heterocycles.